The van der Waals surface area contributed by atoms with Crippen LogP contribution in [0.3, 0.4) is 0 Å². The number of carbonyl (C=O) groups excluding carboxylic acids is 2. The Bertz CT molecular complexity index is 408. The van der Waals surface area contributed by atoms with Gasteiger partial charge in [0, 0.05) is 12.5 Å². The maximum Gasteiger partial charge on any atom is 0.407 e. The molecule has 21 heavy (non-hydrogen) atoms. The van der Waals surface area contributed by atoms with E-state index in [4.69, 9.17) is 4.74 Å². The first-order chi connectivity index (χ1) is 9.80. The van der Waals surface area contributed by atoms with E-state index in [1.807, 2.05) is 0 Å². The van der Waals surface area contributed by atoms with Gasteiger partial charge >= 0.3 is 6.09 Å². The predicted molar refractivity (Wildman–Crippen MR) is 77.6 cm³/mol. The molecule has 0 aromatic carbocycles. The second kappa shape index (κ2) is 7.55. The van der Waals surface area contributed by atoms with Crippen molar-refractivity contribution >= 4 is 12.2 Å². The van der Waals surface area contributed by atoms with Gasteiger partial charge in [-0.15, -0.1) is 0 Å². The van der Waals surface area contributed by atoms with Crippen LogP contribution in [0.15, 0.2) is 4.99 Å². The molecule has 0 aromatic rings. The highest BCUT2D eigenvalue weighted by Crippen LogP contribution is 2.46. The second-order valence-electron chi connectivity index (χ2n) is 6.99. The highest BCUT2D eigenvalue weighted by atomic mass is 19.1. The lowest BCUT2D eigenvalue weighted by Gasteiger charge is -2.45. The molecule has 1 amide bonds. The highest BCUT2D eigenvalue weighted by Gasteiger charge is 2.41. The van der Waals surface area contributed by atoms with Crippen LogP contribution in [-0.4, -0.2) is 38.0 Å². The summed E-state index contributed by atoms with van der Waals surface area (Å²) < 4.78 is 16.9. The molecule has 6 heteroatoms. The number of hydrogen-bond donors (Lipinski definition) is 1. The molecule has 1 N–H and O–H groups in total. The molecule has 1 fully saturated rings. The number of nitrogens with one attached hydrogen (secondary N) is 1. The summed E-state index contributed by atoms with van der Waals surface area (Å²) in [5.74, 6) is 0. The fourth-order valence-electron chi connectivity index (χ4n) is 3.51. The molecular formula is C15H25FN2O3. The Balaban J connectivity index is 2.60. The van der Waals surface area contributed by atoms with E-state index in [0.717, 1.165) is 19.3 Å². The zero-order valence-electron chi connectivity index (χ0n) is 13.1. The normalized spacial score (nSPS) is 27.5. The average Bonchev–Trinajstić information content (AvgIpc) is 2.34. The van der Waals surface area contributed by atoms with Gasteiger partial charge in [0.25, 0.3) is 0 Å². The number of amides is 1. The van der Waals surface area contributed by atoms with E-state index in [1.165, 1.54) is 0 Å². The smallest absolute Gasteiger partial charge is 0.407 e. The Labute approximate surface area is 125 Å². The van der Waals surface area contributed by atoms with Crippen LogP contribution in [-0.2, 0) is 9.53 Å². The first kappa shape index (κ1) is 17.6. The van der Waals surface area contributed by atoms with Crippen molar-refractivity contribution < 1.29 is 18.7 Å². The van der Waals surface area contributed by atoms with Crippen molar-refractivity contribution in [2.45, 2.75) is 52.5 Å². The summed E-state index contributed by atoms with van der Waals surface area (Å²) >= 11 is 0. The van der Waals surface area contributed by atoms with Crippen LogP contribution in [0.4, 0.5) is 9.18 Å². The van der Waals surface area contributed by atoms with Crippen molar-refractivity contribution in [3.05, 3.63) is 0 Å². The van der Waals surface area contributed by atoms with Gasteiger partial charge in [-0.3, -0.25) is 4.39 Å². The van der Waals surface area contributed by atoms with E-state index < -0.39 is 12.8 Å². The monoisotopic (exact) mass is 300 g/mol. The van der Waals surface area contributed by atoms with Gasteiger partial charge in [0.1, 0.15) is 0 Å². The molecule has 0 aromatic heterocycles. The SMILES string of the molecule is CC1(C)CC(NC(=O)OCCCF)CC(C)(CN=C=O)C1. The summed E-state index contributed by atoms with van der Waals surface area (Å²) in [6, 6.07) is -0.0292. The topological polar surface area (TPSA) is 67.8 Å². The fourth-order valence-corrected chi connectivity index (χ4v) is 3.51. The maximum atomic E-state index is 12.0. The molecule has 0 heterocycles. The molecule has 0 aliphatic heterocycles. The summed E-state index contributed by atoms with van der Waals surface area (Å²) in [5, 5.41) is 2.84. The molecule has 1 aliphatic carbocycles. The van der Waals surface area contributed by atoms with Gasteiger partial charge in [-0.05, 0) is 30.1 Å². The van der Waals surface area contributed by atoms with Gasteiger partial charge in [-0.2, -0.15) is 0 Å². The van der Waals surface area contributed by atoms with E-state index >= 15 is 0 Å². The Morgan fingerprint density at radius 2 is 2.14 bits per heavy atom. The number of rotatable bonds is 6. The van der Waals surface area contributed by atoms with Crippen molar-refractivity contribution in [2.75, 3.05) is 19.8 Å². The minimum Gasteiger partial charge on any atom is -0.449 e. The second-order valence-corrected chi connectivity index (χ2v) is 6.99. The Morgan fingerprint density at radius 3 is 2.76 bits per heavy atom. The standard InChI is InChI=1S/C15H25FN2O3/c1-14(2)7-12(18-13(20)21-6-4-5-16)8-15(3,9-14)10-17-11-19/h12H,4-10H2,1-3H3,(H,18,20). The Hall–Kier alpha value is -1.42. The molecule has 2 unspecified atom stereocenters. The van der Waals surface area contributed by atoms with Crippen LogP contribution in [0, 0.1) is 10.8 Å². The summed E-state index contributed by atoms with van der Waals surface area (Å²) in [6.45, 7) is 6.35. The molecule has 1 aliphatic rings. The van der Waals surface area contributed by atoms with Gasteiger partial charge in [-0.25, -0.2) is 14.6 Å². The largest absolute Gasteiger partial charge is 0.449 e. The summed E-state index contributed by atoms with van der Waals surface area (Å²) in [5.41, 5.74) is -0.0989. The van der Waals surface area contributed by atoms with Crippen molar-refractivity contribution in [1.29, 1.82) is 0 Å². The van der Waals surface area contributed by atoms with Crippen LogP contribution in [0.5, 0.6) is 0 Å². The first-order valence-corrected chi connectivity index (χ1v) is 7.33. The third-order valence-corrected chi connectivity index (χ3v) is 3.80. The number of halogens is 1. The Kier molecular flexibility index (Phi) is 6.34. The molecular weight excluding hydrogens is 275 g/mol. The number of alkyl carbamates (subject to hydrolysis) is 1. The van der Waals surface area contributed by atoms with E-state index in [9.17, 15) is 14.0 Å². The van der Waals surface area contributed by atoms with Crippen molar-refractivity contribution in [3.63, 3.8) is 0 Å². The quantitative estimate of drug-likeness (QED) is 0.466. The predicted octanol–water partition coefficient (Wildman–Crippen LogP) is 2.99. The minimum atomic E-state index is -0.507. The summed E-state index contributed by atoms with van der Waals surface area (Å²) in [6.07, 6.45) is 3.80. The molecule has 0 spiro atoms. The average molecular weight is 300 g/mol. The first-order valence-electron chi connectivity index (χ1n) is 7.33. The van der Waals surface area contributed by atoms with E-state index in [1.54, 1.807) is 6.08 Å². The molecule has 2 atom stereocenters. The van der Waals surface area contributed by atoms with Crippen molar-refractivity contribution in [1.82, 2.24) is 5.32 Å². The van der Waals surface area contributed by atoms with Crippen LogP contribution >= 0.6 is 0 Å². The number of isocyanates is 1. The third-order valence-electron chi connectivity index (χ3n) is 3.80. The van der Waals surface area contributed by atoms with Crippen molar-refractivity contribution in [3.8, 4) is 0 Å². The number of hydrogen-bond acceptors (Lipinski definition) is 4. The number of nitrogens with zero attached hydrogens (tertiary/aromatic N) is 1. The molecule has 0 radical (unpaired) electrons. The van der Waals surface area contributed by atoms with Crippen LogP contribution in [0.1, 0.15) is 46.5 Å². The summed E-state index contributed by atoms with van der Waals surface area (Å²) in [7, 11) is 0. The molecule has 1 rings (SSSR count). The molecule has 0 saturated heterocycles. The minimum absolute atomic E-state index is 0.0292. The third kappa shape index (κ3) is 6.25. The van der Waals surface area contributed by atoms with Gasteiger partial charge in [-0.1, -0.05) is 20.8 Å². The number of aliphatic imine (C=N–C) groups is 1. The lowest BCUT2D eigenvalue weighted by molar-refractivity contribution is 0.0709. The molecule has 120 valence electrons. The fraction of sp³-hybridized carbons (Fsp3) is 0.867. The van der Waals surface area contributed by atoms with Gasteiger partial charge in [0.05, 0.1) is 19.8 Å². The van der Waals surface area contributed by atoms with Gasteiger partial charge < -0.3 is 10.1 Å². The highest BCUT2D eigenvalue weighted by molar-refractivity contribution is 5.67. The zero-order chi connectivity index (χ0) is 15.9. The van der Waals surface area contributed by atoms with Crippen molar-refractivity contribution in [2.24, 2.45) is 15.8 Å². The van der Waals surface area contributed by atoms with Crippen LogP contribution in [0.25, 0.3) is 0 Å². The van der Waals surface area contributed by atoms with E-state index in [2.05, 4.69) is 31.1 Å². The van der Waals surface area contributed by atoms with E-state index in [0.29, 0.717) is 6.54 Å². The Morgan fingerprint density at radius 1 is 1.43 bits per heavy atom. The summed E-state index contributed by atoms with van der Waals surface area (Å²) in [4.78, 5) is 25.7. The van der Waals surface area contributed by atoms with E-state index in [-0.39, 0.29) is 29.9 Å². The molecule has 0 bridgehead atoms. The van der Waals surface area contributed by atoms with Gasteiger partial charge in [0.2, 0.25) is 6.08 Å². The lowest BCUT2D eigenvalue weighted by Crippen LogP contribution is -2.48. The van der Waals surface area contributed by atoms with Crippen LogP contribution in [0.2, 0.25) is 0 Å². The number of ether oxygens (including phenoxy) is 1. The zero-order valence-corrected chi connectivity index (χ0v) is 13.1. The number of alkyl halides is 1. The lowest BCUT2D eigenvalue weighted by atomic mass is 9.62. The van der Waals surface area contributed by atoms with Crippen LogP contribution < -0.4 is 5.32 Å². The molecule has 1 saturated carbocycles. The maximum absolute atomic E-state index is 12.0. The van der Waals surface area contributed by atoms with Gasteiger partial charge in [0.15, 0.2) is 0 Å². The number of carbonyl (C=O) groups is 1. The molecule has 5 nitrogen and oxygen atoms in total.